The molecule has 1 saturated heterocycles. The summed E-state index contributed by atoms with van der Waals surface area (Å²) in [6, 6.07) is 1.92. The van der Waals surface area contributed by atoms with E-state index in [0.717, 1.165) is 19.4 Å². The van der Waals surface area contributed by atoms with Crippen molar-refractivity contribution in [3.05, 3.63) is 36.2 Å². The molecule has 0 bridgehead atoms. The Morgan fingerprint density at radius 2 is 2.25 bits per heavy atom. The van der Waals surface area contributed by atoms with E-state index in [1.54, 1.807) is 10.6 Å². The molecule has 9 nitrogen and oxygen atoms in total. The fourth-order valence-corrected chi connectivity index (χ4v) is 3.37. The number of fused-ring (bicyclic) bond motifs is 1. The molecule has 11 heteroatoms. The van der Waals surface area contributed by atoms with Gasteiger partial charge in [-0.05, 0) is 18.9 Å². The molecule has 1 fully saturated rings. The predicted octanol–water partition coefficient (Wildman–Crippen LogP) is 1.58. The Hall–Kier alpha value is -3.08. The number of nitrogens with two attached hydrogens (primary N) is 1. The van der Waals surface area contributed by atoms with Crippen molar-refractivity contribution in [2.45, 2.75) is 25.3 Å². The molecule has 3 aromatic heterocycles. The highest BCUT2D eigenvalue weighted by Crippen LogP contribution is 2.26. The average molecular weight is 390 g/mol. The third-order valence-corrected chi connectivity index (χ3v) is 4.68. The van der Waals surface area contributed by atoms with Crippen LogP contribution in [0.4, 0.5) is 20.3 Å². The molecule has 0 aliphatic carbocycles. The third kappa shape index (κ3) is 3.40. The van der Waals surface area contributed by atoms with Gasteiger partial charge in [0.2, 0.25) is 0 Å². The van der Waals surface area contributed by atoms with Crippen molar-refractivity contribution in [2.75, 3.05) is 23.3 Å². The van der Waals surface area contributed by atoms with E-state index in [1.165, 1.54) is 24.3 Å². The fraction of sp³-hybridized carbons (Fsp3) is 0.412. The van der Waals surface area contributed by atoms with Gasteiger partial charge in [0.25, 0.3) is 12.3 Å². The van der Waals surface area contributed by atoms with Gasteiger partial charge in [-0.2, -0.15) is 5.10 Å². The summed E-state index contributed by atoms with van der Waals surface area (Å²) in [5.74, 6) is 0.0734. The summed E-state index contributed by atoms with van der Waals surface area (Å²) in [6.45, 7) is 1.52. The zero-order chi connectivity index (χ0) is 19.8. The Balaban J connectivity index is 1.63. The molecule has 28 heavy (non-hydrogen) atoms. The van der Waals surface area contributed by atoms with Gasteiger partial charge in [-0.25, -0.2) is 18.7 Å². The number of hydrogen-bond acceptors (Lipinski definition) is 6. The van der Waals surface area contributed by atoms with Gasteiger partial charge in [0, 0.05) is 38.6 Å². The Morgan fingerprint density at radius 1 is 1.43 bits per heavy atom. The first-order valence-corrected chi connectivity index (χ1v) is 8.89. The number of carbonyl (C=O) groups excluding carboxylic acids is 1. The number of aryl methyl sites for hydroxylation is 1. The number of hydrogen-bond donors (Lipinski definition) is 2. The van der Waals surface area contributed by atoms with Crippen molar-refractivity contribution in [1.29, 1.82) is 0 Å². The van der Waals surface area contributed by atoms with Gasteiger partial charge in [0.05, 0.1) is 5.69 Å². The van der Waals surface area contributed by atoms with E-state index in [2.05, 4.69) is 25.3 Å². The van der Waals surface area contributed by atoms with E-state index < -0.39 is 18.0 Å². The van der Waals surface area contributed by atoms with Crippen LogP contribution in [-0.4, -0.2) is 49.2 Å². The van der Waals surface area contributed by atoms with Gasteiger partial charge in [-0.3, -0.25) is 13.9 Å². The van der Waals surface area contributed by atoms with Gasteiger partial charge in [-0.1, -0.05) is 0 Å². The Morgan fingerprint density at radius 3 is 3.00 bits per heavy atom. The minimum atomic E-state index is -2.80. The highest BCUT2D eigenvalue weighted by Gasteiger charge is 2.23. The van der Waals surface area contributed by atoms with Gasteiger partial charge >= 0.3 is 0 Å². The molecule has 0 saturated carbocycles. The molecule has 4 rings (SSSR count). The molecule has 0 radical (unpaired) electrons. The van der Waals surface area contributed by atoms with Crippen molar-refractivity contribution in [2.24, 2.45) is 12.8 Å². The molecule has 3 aromatic rings. The van der Waals surface area contributed by atoms with Crippen LogP contribution in [0.15, 0.2) is 24.8 Å². The summed E-state index contributed by atoms with van der Waals surface area (Å²) >= 11 is 0. The van der Waals surface area contributed by atoms with Crippen molar-refractivity contribution in [3.63, 3.8) is 0 Å². The highest BCUT2D eigenvalue weighted by molar-refractivity contribution is 6.07. The summed E-state index contributed by atoms with van der Waals surface area (Å²) in [6.07, 6.45) is 3.68. The van der Waals surface area contributed by atoms with E-state index in [-0.39, 0.29) is 17.4 Å². The first-order valence-electron chi connectivity index (χ1n) is 8.89. The van der Waals surface area contributed by atoms with Crippen LogP contribution in [0.2, 0.25) is 0 Å². The Kier molecular flexibility index (Phi) is 4.67. The molecule has 0 unspecified atom stereocenters. The van der Waals surface area contributed by atoms with Crippen LogP contribution in [-0.2, 0) is 7.05 Å². The van der Waals surface area contributed by atoms with Gasteiger partial charge in [0.15, 0.2) is 17.0 Å². The van der Waals surface area contributed by atoms with Crippen LogP contribution >= 0.6 is 0 Å². The molecule has 1 aliphatic rings. The van der Waals surface area contributed by atoms with E-state index >= 15 is 0 Å². The number of imidazole rings is 1. The SMILES string of the molecule is Cn1cc(NC(=O)c2ncn3ccc(N4CCC[C@@H](N)C4)nc23)c(C(F)F)n1. The number of nitrogens with zero attached hydrogens (tertiary/aromatic N) is 6. The zero-order valence-electron chi connectivity index (χ0n) is 15.2. The van der Waals surface area contributed by atoms with Gasteiger partial charge in [0.1, 0.15) is 12.1 Å². The average Bonchev–Trinajstić information content (AvgIpc) is 3.24. The normalized spacial score (nSPS) is 17.5. The van der Waals surface area contributed by atoms with Gasteiger partial charge in [-0.15, -0.1) is 0 Å². The maximum absolute atomic E-state index is 13.1. The molecular weight excluding hydrogens is 370 g/mol. The van der Waals surface area contributed by atoms with E-state index in [0.29, 0.717) is 18.0 Å². The van der Waals surface area contributed by atoms with E-state index in [4.69, 9.17) is 5.73 Å². The lowest BCUT2D eigenvalue weighted by Gasteiger charge is -2.31. The zero-order valence-corrected chi connectivity index (χ0v) is 15.2. The fourth-order valence-electron chi connectivity index (χ4n) is 3.37. The molecule has 1 amide bonds. The van der Waals surface area contributed by atoms with Crippen LogP contribution in [0.5, 0.6) is 0 Å². The molecule has 148 valence electrons. The molecule has 1 atom stereocenters. The second-order valence-corrected chi connectivity index (χ2v) is 6.81. The minimum Gasteiger partial charge on any atom is -0.355 e. The third-order valence-electron chi connectivity index (χ3n) is 4.68. The summed E-state index contributed by atoms with van der Waals surface area (Å²) in [7, 11) is 1.50. The molecule has 3 N–H and O–H groups in total. The molecule has 1 aliphatic heterocycles. The lowest BCUT2D eigenvalue weighted by Crippen LogP contribution is -2.43. The van der Waals surface area contributed by atoms with E-state index in [9.17, 15) is 13.6 Å². The Labute approximate surface area is 159 Å². The summed E-state index contributed by atoms with van der Waals surface area (Å²) in [5, 5.41) is 6.14. The monoisotopic (exact) mass is 390 g/mol. The summed E-state index contributed by atoms with van der Waals surface area (Å²) in [4.78, 5) is 23.4. The second kappa shape index (κ2) is 7.15. The Bertz CT molecular complexity index is 1010. The topological polar surface area (TPSA) is 106 Å². The van der Waals surface area contributed by atoms with Crippen LogP contribution in [0.25, 0.3) is 5.65 Å². The number of aromatic nitrogens is 5. The standard InChI is InChI=1S/C17H20F2N8O/c1-25-8-11(13(24-25)15(18)19)22-17(28)14-16-23-12(4-6-27(16)9-21-14)26-5-2-3-10(20)7-26/h4,6,8-10,15H,2-3,5,7,20H2,1H3,(H,22,28)/t10-/m1/s1. The number of amides is 1. The van der Waals surface area contributed by atoms with Crippen molar-refractivity contribution >= 4 is 23.1 Å². The maximum Gasteiger partial charge on any atom is 0.284 e. The van der Waals surface area contributed by atoms with Crippen LogP contribution < -0.4 is 16.0 Å². The lowest BCUT2D eigenvalue weighted by atomic mass is 10.1. The van der Waals surface area contributed by atoms with Crippen LogP contribution in [0, 0.1) is 0 Å². The first-order chi connectivity index (χ1) is 13.4. The van der Waals surface area contributed by atoms with E-state index in [1.807, 2.05) is 6.07 Å². The predicted molar refractivity (Wildman–Crippen MR) is 98.5 cm³/mol. The quantitative estimate of drug-likeness (QED) is 0.701. The summed E-state index contributed by atoms with van der Waals surface area (Å²) < 4.78 is 29.0. The minimum absolute atomic E-state index is 0.0484. The molecule has 4 heterocycles. The largest absolute Gasteiger partial charge is 0.355 e. The second-order valence-electron chi connectivity index (χ2n) is 6.81. The molecule has 0 aromatic carbocycles. The number of alkyl halides is 2. The number of carbonyl (C=O) groups is 1. The molecular formula is C17H20F2N8O. The van der Waals surface area contributed by atoms with Crippen LogP contribution in [0.1, 0.15) is 35.4 Å². The van der Waals surface area contributed by atoms with Crippen LogP contribution in [0.3, 0.4) is 0 Å². The highest BCUT2D eigenvalue weighted by atomic mass is 19.3. The lowest BCUT2D eigenvalue weighted by molar-refractivity contribution is 0.102. The van der Waals surface area contributed by atoms with Gasteiger partial charge < -0.3 is 16.0 Å². The number of anilines is 2. The number of halogens is 2. The van der Waals surface area contributed by atoms with Crippen molar-refractivity contribution < 1.29 is 13.6 Å². The number of rotatable bonds is 4. The molecule has 0 spiro atoms. The number of piperidine rings is 1. The smallest absolute Gasteiger partial charge is 0.284 e. The van der Waals surface area contributed by atoms with Crippen molar-refractivity contribution in [3.8, 4) is 0 Å². The first kappa shape index (κ1) is 18.3. The summed E-state index contributed by atoms with van der Waals surface area (Å²) in [5.41, 5.74) is 5.89. The van der Waals surface area contributed by atoms with Crippen molar-refractivity contribution in [1.82, 2.24) is 24.1 Å². The maximum atomic E-state index is 13.1. The number of nitrogens with one attached hydrogen (secondary N) is 1.